The van der Waals surface area contributed by atoms with Crippen LogP contribution in [0.4, 0.5) is 0 Å². The molecule has 0 bridgehead atoms. The van der Waals surface area contributed by atoms with Gasteiger partial charge in [0, 0.05) is 11.5 Å². The van der Waals surface area contributed by atoms with Gasteiger partial charge in [-0.1, -0.05) is 19.9 Å². The van der Waals surface area contributed by atoms with Crippen LogP contribution in [-0.2, 0) is 0 Å². The van der Waals surface area contributed by atoms with Gasteiger partial charge in [-0.05, 0) is 36.1 Å². The zero-order valence-electron chi connectivity index (χ0n) is 8.99. The van der Waals surface area contributed by atoms with Crippen molar-refractivity contribution in [3.8, 4) is 0 Å². The summed E-state index contributed by atoms with van der Waals surface area (Å²) < 4.78 is 5.07. The second kappa shape index (κ2) is 3.89. The molecule has 2 nitrogen and oxygen atoms in total. The molecule has 0 aliphatic rings. The van der Waals surface area contributed by atoms with Gasteiger partial charge in [-0.15, -0.1) is 0 Å². The van der Waals surface area contributed by atoms with Gasteiger partial charge >= 0.3 is 5.63 Å². The van der Waals surface area contributed by atoms with Crippen LogP contribution in [0.1, 0.15) is 31.7 Å². The van der Waals surface area contributed by atoms with E-state index in [-0.39, 0.29) is 5.63 Å². The minimum Gasteiger partial charge on any atom is -0.423 e. The molecule has 0 aliphatic heterocycles. The van der Waals surface area contributed by atoms with E-state index in [2.05, 4.69) is 19.9 Å². The van der Waals surface area contributed by atoms with Crippen LogP contribution in [0.15, 0.2) is 39.5 Å². The smallest absolute Gasteiger partial charge is 0.336 e. The van der Waals surface area contributed by atoms with Gasteiger partial charge in [0.15, 0.2) is 0 Å². The normalized spacial score (nSPS) is 12.9. The first-order valence-electron chi connectivity index (χ1n) is 5.24. The van der Waals surface area contributed by atoms with Crippen LogP contribution < -0.4 is 5.63 Å². The van der Waals surface area contributed by atoms with Crippen molar-refractivity contribution in [2.45, 2.75) is 26.2 Å². The van der Waals surface area contributed by atoms with Crippen LogP contribution in [-0.4, -0.2) is 0 Å². The van der Waals surface area contributed by atoms with Crippen LogP contribution >= 0.6 is 0 Å². The van der Waals surface area contributed by atoms with E-state index in [0.29, 0.717) is 11.5 Å². The largest absolute Gasteiger partial charge is 0.423 e. The minimum absolute atomic E-state index is 0.293. The van der Waals surface area contributed by atoms with Crippen molar-refractivity contribution in [1.82, 2.24) is 0 Å². The molecular weight excluding hydrogens is 188 g/mol. The molecule has 1 aromatic heterocycles. The van der Waals surface area contributed by atoms with E-state index in [4.69, 9.17) is 4.42 Å². The molecule has 0 saturated carbocycles. The number of benzene rings is 1. The Morgan fingerprint density at radius 2 is 2.07 bits per heavy atom. The molecular formula is C13H14O2. The molecule has 0 fully saturated rings. The predicted molar refractivity (Wildman–Crippen MR) is 61.2 cm³/mol. The van der Waals surface area contributed by atoms with E-state index < -0.39 is 0 Å². The predicted octanol–water partition coefficient (Wildman–Crippen LogP) is 3.31. The highest BCUT2D eigenvalue weighted by atomic mass is 16.4. The first-order chi connectivity index (χ1) is 7.20. The van der Waals surface area contributed by atoms with E-state index in [1.165, 1.54) is 11.6 Å². The van der Waals surface area contributed by atoms with Crippen molar-refractivity contribution >= 4 is 11.0 Å². The third-order valence-electron chi connectivity index (χ3n) is 2.82. The average Bonchev–Trinajstić information content (AvgIpc) is 2.27. The first-order valence-corrected chi connectivity index (χ1v) is 5.24. The van der Waals surface area contributed by atoms with Crippen molar-refractivity contribution in [1.29, 1.82) is 0 Å². The summed E-state index contributed by atoms with van der Waals surface area (Å²) in [6, 6.07) is 9.26. The summed E-state index contributed by atoms with van der Waals surface area (Å²) in [5, 5.41) is 0.993. The maximum atomic E-state index is 11.0. The summed E-state index contributed by atoms with van der Waals surface area (Å²) in [6.07, 6.45) is 1.11. The van der Waals surface area contributed by atoms with E-state index in [9.17, 15) is 4.79 Å². The molecule has 15 heavy (non-hydrogen) atoms. The molecule has 1 atom stereocenters. The summed E-state index contributed by atoms with van der Waals surface area (Å²) in [4.78, 5) is 11.0. The zero-order chi connectivity index (χ0) is 10.8. The standard InChI is InChI=1S/C13H14O2/c1-3-9(2)10-4-6-12-11(8-10)5-7-13(14)15-12/h4-9H,3H2,1-2H3. The molecule has 0 spiro atoms. The SMILES string of the molecule is CCC(C)c1ccc2oc(=O)ccc2c1. The lowest BCUT2D eigenvalue weighted by Crippen LogP contribution is -1.96. The van der Waals surface area contributed by atoms with Crippen LogP contribution in [0.5, 0.6) is 0 Å². The van der Waals surface area contributed by atoms with E-state index in [1.807, 2.05) is 18.2 Å². The van der Waals surface area contributed by atoms with Crippen LogP contribution in [0.3, 0.4) is 0 Å². The molecule has 2 aromatic rings. The first kappa shape index (κ1) is 9.97. The quantitative estimate of drug-likeness (QED) is 0.699. The van der Waals surface area contributed by atoms with Crippen molar-refractivity contribution in [3.63, 3.8) is 0 Å². The highest BCUT2D eigenvalue weighted by Gasteiger charge is 2.04. The van der Waals surface area contributed by atoms with Gasteiger partial charge < -0.3 is 4.42 Å². The van der Waals surface area contributed by atoms with Gasteiger partial charge in [-0.25, -0.2) is 4.79 Å². The fourth-order valence-electron chi connectivity index (χ4n) is 1.63. The average molecular weight is 202 g/mol. The number of fused-ring (bicyclic) bond motifs is 1. The molecule has 78 valence electrons. The molecule has 0 radical (unpaired) electrons. The molecule has 1 aromatic carbocycles. The van der Waals surface area contributed by atoms with Crippen LogP contribution in [0.2, 0.25) is 0 Å². The summed E-state index contributed by atoms with van der Waals surface area (Å²) >= 11 is 0. The highest BCUT2D eigenvalue weighted by molar-refractivity contribution is 5.77. The second-order valence-corrected chi connectivity index (χ2v) is 3.86. The summed E-state index contributed by atoms with van der Waals surface area (Å²) in [7, 11) is 0. The fourth-order valence-corrected chi connectivity index (χ4v) is 1.63. The fraction of sp³-hybridized carbons (Fsp3) is 0.308. The van der Waals surface area contributed by atoms with Crippen molar-refractivity contribution in [3.05, 3.63) is 46.3 Å². The van der Waals surface area contributed by atoms with E-state index in [0.717, 1.165) is 11.8 Å². The van der Waals surface area contributed by atoms with Crippen molar-refractivity contribution in [2.75, 3.05) is 0 Å². The maximum absolute atomic E-state index is 11.0. The summed E-state index contributed by atoms with van der Waals surface area (Å²) in [5.74, 6) is 0.543. The molecule has 0 N–H and O–H groups in total. The van der Waals surface area contributed by atoms with Gasteiger partial charge in [0.25, 0.3) is 0 Å². The Kier molecular flexibility index (Phi) is 2.58. The van der Waals surface area contributed by atoms with Crippen molar-refractivity contribution in [2.24, 2.45) is 0 Å². The molecule has 0 aliphatic carbocycles. The van der Waals surface area contributed by atoms with Crippen LogP contribution in [0, 0.1) is 0 Å². The number of rotatable bonds is 2. The third kappa shape index (κ3) is 1.94. The van der Waals surface area contributed by atoms with Gasteiger partial charge in [-0.2, -0.15) is 0 Å². The van der Waals surface area contributed by atoms with E-state index in [1.54, 1.807) is 0 Å². The monoisotopic (exact) mass is 202 g/mol. The zero-order valence-corrected chi connectivity index (χ0v) is 8.99. The van der Waals surface area contributed by atoms with E-state index >= 15 is 0 Å². The molecule has 0 saturated heterocycles. The van der Waals surface area contributed by atoms with Crippen molar-refractivity contribution < 1.29 is 4.42 Å². The molecule has 2 heteroatoms. The second-order valence-electron chi connectivity index (χ2n) is 3.86. The lowest BCUT2D eigenvalue weighted by Gasteiger charge is -2.08. The third-order valence-corrected chi connectivity index (χ3v) is 2.82. The number of hydrogen-bond donors (Lipinski definition) is 0. The van der Waals surface area contributed by atoms with Gasteiger partial charge in [0.1, 0.15) is 5.58 Å². The Balaban J connectivity index is 2.57. The maximum Gasteiger partial charge on any atom is 0.336 e. The number of hydrogen-bond acceptors (Lipinski definition) is 2. The topological polar surface area (TPSA) is 30.2 Å². The van der Waals surface area contributed by atoms with Gasteiger partial charge in [-0.3, -0.25) is 0 Å². The molecule has 0 amide bonds. The Hall–Kier alpha value is -1.57. The lowest BCUT2D eigenvalue weighted by atomic mass is 9.97. The Morgan fingerprint density at radius 3 is 2.80 bits per heavy atom. The van der Waals surface area contributed by atoms with Gasteiger partial charge in [0.05, 0.1) is 0 Å². The summed E-state index contributed by atoms with van der Waals surface area (Å²) in [6.45, 7) is 4.36. The molecule has 1 unspecified atom stereocenters. The lowest BCUT2D eigenvalue weighted by molar-refractivity contribution is 0.560. The van der Waals surface area contributed by atoms with Gasteiger partial charge in [0.2, 0.25) is 0 Å². The summed E-state index contributed by atoms with van der Waals surface area (Å²) in [5.41, 5.74) is 1.66. The van der Waals surface area contributed by atoms with Crippen LogP contribution in [0.25, 0.3) is 11.0 Å². The molecule has 1 heterocycles. The highest BCUT2D eigenvalue weighted by Crippen LogP contribution is 2.22. The Morgan fingerprint density at radius 1 is 1.27 bits per heavy atom. The Bertz CT molecular complexity index is 525. The Labute approximate surface area is 88.5 Å². The minimum atomic E-state index is -0.293. The molecule has 2 rings (SSSR count).